The monoisotopic (exact) mass is 527 g/mol. The number of fused-ring (bicyclic) bond motifs is 2. The molecule has 2 heterocycles. The summed E-state index contributed by atoms with van der Waals surface area (Å²) in [5, 5.41) is 2.36. The molecule has 0 spiro atoms. The molecule has 0 unspecified atom stereocenters. The van der Waals surface area contributed by atoms with E-state index in [0.717, 1.165) is 17.0 Å². The molecule has 1 aromatic heterocycles. The average Bonchev–Trinajstić information content (AvgIpc) is 2.91. The lowest BCUT2D eigenvalue weighted by molar-refractivity contribution is -0.138. The number of carbonyl (C=O) groups excluding carboxylic acids is 3. The number of thiocarbonyl (C=S) groups is 1. The Bertz CT molecular complexity index is 1070. The Morgan fingerprint density at radius 2 is 1.51 bits per heavy atom. The second kappa shape index (κ2) is 15.5. The number of pyridine rings is 1. The van der Waals surface area contributed by atoms with Gasteiger partial charge >= 0.3 is 0 Å². The maximum Gasteiger partial charge on any atom is 0.294 e. The molecule has 0 saturated heterocycles. The molecule has 0 radical (unpaired) electrons. The molecular formula is C25H29N5O6S. The summed E-state index contributed by atoms with van der Waals surface area (Å²) in [5.41, 5.74) is 3.36. The van der Waals surface area contributed by atoms with E-state index in [1.54, 1.807) is 0 Å². The second-order valence-corrected chi connectivity index (χ2v) is 8.58. The van der Waals surface area contributed by atoms with Crippen LogP contribution in [0.1, 0.15) is 17.0 Å². The van der Waals surface area contributed by atoms with Crippen LogP contribution < -0.4 is 0 Å². The van der Waals surface area contributed by atoms with Crippen LogP contribution in [0.25, 0.3) is 0 Å². The summed E-state index contributed by atoms with van der Waals surface area (Å²) in [5.74, 6) is 0. The molecule has 11 nitrogen and oxygen atoms in total. The zero-order chi connectivity index (χ0) is 26.3. The topological polar surface area (TPSA) is 114 Å². The summed E-state index contributed by atoms with van der Waals surface area (Å²) in [6, 6.07) is 13.3. The largest absolute Gasteiger partial charge is 0.452 e. The van der Waals surface area contributed by atoms with Gasteiger partial charge in [-0.1, -0.05) is 18.2 Å². The van der Waals surface area contributed by atoms with Crippen molar-refractivity contribution in [2.75, 3.05) is 39.8 Å². The average molecular weight is 528 g/mol. The number of rotatable bonds is 12. The molecule has 2 bridgehead atoms. The standard InChI is InChI=1S/C25H29N5O6S/c31-18-34-15-28-8-9-29(16-35-19-32)13-25(10-21-4-6-22(7-5-21)26-14-37)30(17-36-20-33)12-24-3-1-2-23(11-28)27-24/h1-7,18-20,25H,8-13,15-17H2/t25-/m0/s1. The molecule has 1 aliphatic heterocycles. The summed E-state index contributed by atoms with van der Waals surface area (Å²) < 4.78 is 15.3. The molecule has 196 valence electrons. The Morgan fingerprint density at radius 3 is 2.19 bits per heavy atom. The highest BCUT2D eigenvalue weighted by molar-refractivity contribution is 7.78. The molecular weight excluding hydrogens is 498 g/mol. The van der Waals surface area contributed by atoms with Crippen molar-refractivity contribution in [3.8, 4) is 0 Å². The van der Waals surface area contributed by atoms with E-state index in [-0.39, 0.29) is 26.2 Å². The molecule has 2 aromatic rings. The van der Waals surface area contributed by atoms with Crippen molar-refractivity contribution in [2.24, 2.45) is 4.99 Å². The molecule has 37 heavy (non-hydrogen) atoms. The Morgan fingerprint density at radius 1 is 0.892 bits per heavy atom. The van der Waals surface area contributed by atoms with E-state index in [1.165, 1.54) is 0 Å². The van der Waals surface area contributed by atoms with Gasteiger partial charge in [-0.25, -0.2) is 0 Å². The van der Waals surface area contributed by atoms with Crippen LogP contribution >= 0.6 is 12.2 Å². The minimum atomic E-state index is -0.139. The van der Waals surface area contributed by atoms with E-state index >= 15 is 0 Å². The maximum absolute atomic E-state index is 11.1. The molecule has 1 atom stereocenters. The van der Waals surface area contributed by atoms with Gasteiger partial charge in [0, 0.05) is 38.8 Å². The first-order chi connectivity index (χ1) is 18.1. The van der Waals surface area contributed by atoms with Crippen LogP contribution in [-0.2, 0) is 48.1 Å². The summed E-state index contributed by atoms with van der Waals surface area (Å²) in [6.07, 6.45) is 0.610. The van der Waals surface area contributed by atoms with Crippen molar-refractivity contribution < 1.29 is 28.6 Å². The lowest BCUT2D eigenvalue weighted by Gasteiger charge is -2.36. The molecule has 0 amide bonds. The highest BCUT2D eigenvalue weighted by Gasteiger charge is 2.25. The van der Waals surface area contributed by atoms with Gasteiger partial charge in [0.05, 0.1) is 22.2 Å². The molecule has 0 N–H and O–H groups in total. The smallest absolute Gasteiger partial charge is 0.294 e. The third-order valence-corrected chi connectivity index (χ3v) is 5.97. The maximum atomic E-state index is 11.1. The van der Waals surface area contributed by atoms with Gasteiger partial charge in [-0.2, -0.15) is 4.99 Å². The summed E-state index contributed by atoms with van der Waals surface area (Å²) in [6.45, 7) is 3.95. The zero-order valence-electron chi connectivity index (χ0n) is 20.3. The molecule has 0 aliphatic carbocycles. The number of ether oxygens (including phenoxy) is 3. The van der Waals surface area contributed by atoms with Crippen LogP contribution in [-0.4, -0.2) is 90.1 Å². The molecule has 3 rings (SSSR count). The van der Waals surface area contributed by atoms with E-state index in [4.69, 9.17) is 19.2 Å². The lowest BCUT2D eigenvalue weighted by atomic mass is 10.0. The van der Waals surface area contributed by atoms with E-state index in [0.29, 0.717) is 64.2 Å². The summed E-state index contributed by atoms with van der Waals surface area (Å²) in [4.78, 5) is 47.7. The number of carbonyl (C=O) groups is 3. The van der Waals surface area contributed by atoms with Gasteiger partial charge in [-0.3, -0.25) is 34.1 Å². The van der Waals surface area contributed by atoms with Gasteiger partial charge < -0.3 is 14.2 Å². The fraction of sp³-hybridized carbons (Fsp3) is 0.400. The summed E-state index contributed by atoms with van der Waals surface area (Å²) in [7, 11) is 0. The number of nitrogens with zero attached hydrogens (tertiary/aromatic N) is 5. The van der Waals surface area contributed by atoms with Crippen LogP contribution in [0.15, 0.2) is 47.5 Å². The Labute approximate surface area is 220 Å². The number of isothiocyanates is 1. The van der Waals surface area contributed by atoms with Crippen molar-refractivity contribution in [3.63, 3.8) is 0 Å². The number of hydrogen-bond donors (Lipinski definition) is 0. The van der Waals surface area contributed by atoms with E-state index in [2.05, 4.69) is 22.4 Å². The van der Waals surface area contributed by atoms with Crippen LogP contribution in [0.3, 0.4) is 0 Å². The van der Waals surface area contributed by atoms with Crippen LogP contribution in [0.4, 0.5) is 5.69 Å². The highest BCUT2D eigenvalue weighted by Crippen LogP contribution is 2.19. The quantitative estimate of drug-likeness (QED) is 0.174. The molecule has 1 aliphatic rings. The zero-order valence-corrected chi connectivity index (χ0v) is 21.1. The Hall–Kier alpha value is -3.54. The van der Waals surface area contributed by atoms with E-state index in [9.17, 15) is 14.4 Å². The van der Waals surface area contributed by atoms with Gasteiger partial charge in [-0.05, 0) is 48.5 Å². The number of benzene rings is 1. The van der Waals surface area contributed by atoms with Gasteiger partial charge in [0.1, 0.15) is 20.2 Å². The van der Waals surface area contributed by atoms with Crippen molar-refractivity contribution in [1.82, 2.24) is 19.7 Å². The Balaban J connectivity index is 1.94. The van der Waals surface area contributed by atoms with E-state index < -0.39 is 0 Å². The van der Waals surface area contributed by atoms with Gasteiger partial charge in [0.25, 0.3) is 19.4 Å². The number of aliphatic imine (C=N–C) groups is 1. The van der Waals surface area contributed by atoms with E-state index in [1.807, 2.05) is 57.2 Å². The third-order valence-electron chi connectivity index (χ3n) is 5.87. The first-order valence-corrected chi connectivity index (χ1v) is 12.0. The first kappa shape index (κ1) is 28.0. The Kier molecular flexibility index (Phi) is 11.8. The first-order valence-electron chi connectivity index (χ1n) is 11.6. The van der Waals surface area contributed by atoms with Gasteiger partial charge in [-0.15, -0.1) is 0 Å². The van der Waals surface area contributed by atoms with Crippen LogP contribution in [0.2, 0.25) is 0 Å². The molecule has 1 aromatic carbocycles. The third kappa shape index (κ3) is 9.45. The second-order valence-electron chi connectivity index (χ2n) is 8.40. The molecule has 0 fully saturated rings. The SMILES string of the molecule is O=COCN1CCN(COC=O)C[C@H](Cc2ccc(N=C=S)cc2)N(COC=O)Cc2cccc(n2)C1. The number of aromatic nitrogens is 1. The lowest BCUT2D eigenvalue weighted by Crippen LogP contribution is -2.48. The molecule has 0 saturated carbocycles. The van der Waals surface area contributed by atoms with Crippen molar-refractivity contribution >= 4 is 42.5 Å². The van der Waals surface area contributed by atoms with Crippen molar-refractivity contribution in [1.29, 1.82) is 0 Å². The minimum absolute atomic E-state index is 0.0645. The van der Waals surface area contributed by atoms with Crippen LogP contribution in [0.5, 0.6) is 0 Å². The normalized spacial score (nSPS) is 17.4. The summed E-state index contributed by atoms with van der Waals surface area (Å²) >= 11 is 4.68. The minimum Gasteiger partial charge on any atom is -0.452 e. The van der Waals surface area contributed by atoms with Crippen LogP contribution in [0, 0.1) is 0 Å². The predicted molar refractivity (Wildman–Crippen MR) is 136 cm³/mol. The fourth-order valence-electron chi connectivity index (χ4n) is 4.14. The molecule has 12 heteroatoms. The fourth-order valence-corrected chi connectivity index (χ4v) is 4.25. The van der Waals surface area contributed by atoms with Crippen molar-refractivity contribution in [3.05, 3.63) is 59.4 Å². The van der Waals surface area contributed by atoms with Gasteiger partial charge in [0.2, 0.25) is 0 Å². The van der Waals surface area contributed by atoms with Gasteiger partial charge in [0.15, 0.2) is 0 Å². The predicted octanol–water partition coefficient (Wildman–Crippen LogP) is 1.74. The van der Waals surface area contributed by atoms with Crippen molar-refractivity contribution in [2.45, 2.75) is 25.6 Å². The highest BCUT2D eigenvalue weighted by atomic mass is 32.1. The number of hydrogen-bond acceptors (Lipinski definition) is 12.